The molecule has 0 saturated carbocycles. The molecule has 0 bridgehead atoms. The van der Waals surface area contributed by atoms with Crippen molar-refractivity contribution in [3.63, 3.8) is 0 Å². The van der Waals surface area contributed by atoms with Gasteiger partial charge in [0.15, 0.2) is 0 Å². The van der Waals surface area contributed by atoms with Crippen LogP contribution >= 0.6 is 22.6 Å². The Morgan fingerprint density at radius 3 is 2.71 bits per heavy atom. The number of carbonyl (C=O) groups is 1. The number of rotatable bonds is 7. The van der Waals surface area contributed by atoms with Gasteiger partial charge >= 0.3 is 5.97 Å². The van der Waals surface area contributed by atoms with Crippen molar-refractivity contribution in [3.05, 3.63) is 0 Å². The zero-order chi connectivity index (χ0) is 11.0. The molecule has 0 radical (unpaired) electrons. The van der Waals surface area contributed by atoms with Gasteiger partial charge in [0.1, 0.15) is 10.5 Å². The summed E-state index contributed by atoms with van der Waals surface area (Å²) in [5.74, 6) is -0.259. The van der Waals surface area contributed by atoms with E-state index < -0.39 is 0 Å². The molecular formula is C8H16INO4. The standard InChI is InChI=1S/C8H16INO4/c1-2-7(9)8(12)14-6-4-10(13)3-5-11/h7,11,13H,2-6H2,1H3. The first-order valence-electron chi connectivity index (χ1n) is 4.47. The van der Waals surface area contributed by atoms with E-state index in [0.29, 0.717) is 0 Å². The van der Waals surface area contributed by atoms with Crippen molar-refractivity contribution in [3.8, 4) is 0 Å². The summed E-state index contributed by atoms with van der Waals surface area (Å²) in [5, 5.41) is 18.4. The van der Waals surface area contributed by atoms with Crippen LogP contribution < -0.4 is 0 Å². The molecule has 1 atom stereocenters. The molecule has 0 fully saturated rings. The molecule has 0 saturated heterocycles. The monoisotopic (exact) mass is 317 g/mol. The fourth-order valence-electron chi connectivity index (χ4n) is 0.736. The van der Waals surface area contributed by atoms with Gasteiger partial charge in [-0.25, -0.2) is 0 Å². The summed E-state index contributed by atoms with van der Waals surface area (Å²) in [6.45, 7) is 2.32. The molecule has 0 aromatic heterocycles. The lowest BCUT2D eigenvalue weighted by Crippen LogP contribution is -2.29. The Morgan fingerprint density at radius 2 is 2.21 bits per heavy atom. The first kappa shape index (κ1) is 14.1. The minimum absolute atomic E-state index is 0.117. The van der Waals surface area contributed by atoms with E-state index in [0.717, 1.165) is 11.5 Å². The molecule has 2 N–H and O–H groups in total. The Labute approximate surface area is 97.1 Å². The van der Waals surface area contributed by atoms with Crippen LogP contribution in [0, 0.1) is 0 Å². The maximum Gasteiger partial charge on any atom is 0.318 e. The van der Waals surface area contributed by atoms with Crippen molar-refractivity contribution >= 4 is 28.6 Å². The van der Waals surface area contributed by atoms with E-state index >= 15 is 0 Å². The Balaban J connectivity index is 3.48. The number of ether oxygens (including phenoxy) is 1. The number of alkyl halides is 1. The summed E-state index contributed by atoms with van der Waals surface area (Å²) in [6.07, 6.45) is 0.735. The third kappa shape index (κ3) is 6.52. The average Bonchev–Trinajstić information content (AvgIpc) is 2.16. The van der Waals surface area contributed by atoms with E-state index in [1.54, 1.807) is 0 Å². The average molecular weight is 317 g/mol. The van der Waals surface area contributed by atoms with Gasteiger partial charge in [0, 0.05) is 6.54 Å². The highest BCUT2D eigenvalue weighted by molar-refractivity contribution is 14.1. The lowest BCUT2D eigenvalue weighted by Gasteiger charge is -2.13. The molecule has 0 aromatic rings. The van der Waals surface area contributed by atoms with Crippen LogP contribution in [-0.4, -0.2) is 51.6 Å². The number of carbonyl (C=O) groups excluding carboxylic acids is 1. The van der Waals surface area contributed by atoms with E-state index in [4.69, 9.17) is 15.1 Å². The lowest BCUT2D eigenvalue weighted by atomic mass is 10.3. The van der Waals surface area contributed by atoms with Crippen LogP contribution in [0.2, 0.25) is 0 Å². The van der Waals surface area contributed by atoms with Gasteiger partial charge < -0.3 is 15.1 Å². The van der Waals surface area contributed by atoms with Gasteiger partial charge in [-0.1, -0.05) is 29.5 Å². The largest absolute Gasteiger partial charge is 0.463 e. The highest BCUT2D eigenvalue weighted by Crippen LogP contribution is 2.06. The molecule has 84 valence electrons. The second-order valence-electron chi connectivity index (χ2n) is 2.72. The number of aliphatic hydroxyl groups is 1. The van der Waals surface area contributed by atoms with Crippen molar-refractivity contribution in [1.29, 1.82) is 0 Å². The predicted molar refractivity (Wildman–Crippen MR) is 59.5 cm³/mol. The fraction of sp³-hybridized carbons (Fsp3) is 0.875. The van der Waals surface area contributed by atoms with Crippen LogP contribution in [-0.2, 0) is 9.53 Å². The van der Waals surface area contributed by atoms with Gasteiger partial charge in [0.2, 0.25) is 0 Å². The Hall–Kier alpha value is 0.0800. The van der Waals surface area contributed by atoms with Gasteiger partial charge in [-0.05, 0) is 6.42 Å². The Kier molecular flexibility index (Phi) is 8.44. The fourth-order valence-corrected chi connectivity index (χ4v) is 0.916. The van der Waals surface area contributed by atoms with Gasteiger partial charge in [-0.3, -0.25) is 4.79 Å². The van der Waals surface area contributed by atoms with Gasteiger partial charge in [-0.15, -0.1) is 0 Å². The maximum absolute atomic E-state index is 11.1. The minimum Gasteiger partial charge on any atom is -0.463 e. The number of halogens is 1. The topological polar surface area (TPSA) is 70.0 Å². The summed E-state index contributed by atoms with van der Waals surface area (Å²) in [7, 11) is 0. The number of nitrogens with zero attached hydrogens (tertiary/aromatic N) is 1. The van der Waals surface area contributed by atoms with Gasteiger partial charge in [0.05, 0.1) is 13.2 Å². The van der Waals surface area contributed by atoms with E-state index in [1.807, 2.05) is 29.5 Å². The smallest absolute Gasteiger partial charge is 0.318 e. The zero-order valence-electron chi connectivity index (χ0n) is 8.15. The second-order valence-corrected chi connectivity index (χ2v) is 4.22. The summed E-state index contributed by atoms with van der Waals surface area (Å²) < 4.78 is 4.75. The molecule has 0 spiro atoms. The number of esters is 1. The van der Waals surface area contributed by atoms with Gasteiger partial charge in [0.25, 0.3) is 0 Å². The summed E-state index contributed by atoms with van der Waals surface area (Å²) in [6, 6.07) is 0. The molecule has 0 aliphatic rings. The number of hydrogen-bond donors (Lipinski definition) is 2. The van der Waals surface area contributed by atoms with Crippen molar-refractivity contribution in [2.24, 2.45) is 0 Å². The van der Waals surface area contributed by atoms with Crippen LogP contribution in [0.4, 0.5) is 0 Å². The molecule has 0 amide bonds. The van der Waals surface area contributed by atoms with Crippen LogP contribution in [0.1, 0.15) is 13.3 Å². The summed E-state index contributed by atoms with van der Waals surface area (Å²) in [4.78, 5) is 11.1. The van der Waals surface area contributed by atoms with Gasteiger partial charge in [-0.2, -0.15) is 5.06 Å². The second kappa shape index (κ2) is 8.39. The number of hydroxylamine groups is 2. The predicted octanol–water partition coefficient (Wildman–Crippen LogP) is 0.427. The van der Waals surface area contributed by atoms with Crippen molar-refractivity contribution in [2.75, 3.05) is 26.3 Å². The quantitative estimate of drug-likeness (QED) is 0.308. The zero-order valence-corrected chi connectivity index (χ0v) is 10.3. The molecule has 1 unspecified atom stereocenters. The minimum atomic E-state index is -0.259. The van der Waals surface area contributed by atoms with Crippen molar-refractivity contribution in [1.82, 2.24) is 5.06 Å². The maximum atomic E-state index is 11.1. The molecule has 6 heteroatoms. The number of aliphatic hydroxyl groups excluding tert-OH is 1. The Bertz CT molecular complexity index is 167. The van der Waals surface area contributed by atoms with Crippen LogP contribution in [0.25, 0.3) is 0 Å². The van der Waals surface area contributed by atoms with Crippen molar-refractivity contribution < 1.29 is 19.8 Å². The summed E-state index contributed by atoms with van der Waals surface area (Å²) >= 11 is 2.01. The van der Waals surface area contributed by atoms with E-state index in [1.165, 1.54) is 0 Å². The van der Waals surface area contributed by atoms with Crippen LogP contribution in [0.15, 0.2) is 0 Å². The highest BCUT2D eigenvalue weighted by atomic mass is 127. The molecule has 0 aliphatic heterocycles. The molecule has 5 nitrogen and oxygen atoms in total. The lowest BCUT2D eigenvalue weighted by molar-refractivity contribution is -0.148. The summed E-state index contributed by atoms with van der Waals surface area (Å²) in [5.41, 5.74) is 0. The molecule has 0 aliphatic carbocycles. The van der Waals surface area contributed by atoms with Crippen LogP contribution in [0.3, 0.4) is 0 Å². The third-order valence-electron chi connectivity index (χ3n) is 1.57. The van der Waals surface area contributed by atoms with E-state index in [-0.39, 0.29) is 36.2 Å². The van der Waals surface area contributed by atoms with Crippen molar-refractivity contribution in [2.45, 2.75) is 17.3 Å². The molecule has 14 heavy (non-hydrogen) atoms. The Morgan fingerprint density at radius 1 is 1.57 bits per heavy atom. The third-order valence-corrected chi connectivity index (χ3v) is 2.96. The SMILES string of the molecule is CCC(I)C(=O)OCCN(O)CCO. The normalized spacial score (nSPS) is 12.9. The molecule has 0 aromatic carbocycles. The first-order valence-corrected chi connectivity index (χ1v) is 5.71. The molecular weight excluding hydrogens is 301 g/mol. The van der Waals surface area contributed by atoms with E-state index in [9.17, 15) is 4.79 Å². The number of hydrogen-bond acceptors (Lipinski definition) is 5. The van der Waals surface area contributed by atoms with E-state index in [2.05, 4.69) is 0 Å². The molecule has 0 rings (SSSR count). The highest BCUT2D eigenvalue weighted by Gasteiger charge is 2.13. The van der Waals surface area contributed by atoms with Crippen LogP contribution in [0.5, 0.6) is 0 Å². The molecule has 0 heterocycles. The first-order chi connectivity index (χ1) is 6.61.